The fraction of sp³-hybridized carbons (Fsp3) is 0.238. The Morgan fingerprint density at radius 1 is 1.20 bits per heavy atom. The molecule has 0 saturated carbocycles. The molecule has 0 N–H and O–H groups in total. The third-order valence-corrected chi connectivity index (χ3v) is 4.88. The molecule has 0 saturated heterocycles. The lowest BCUT2D eigenvalue weighted by molar-refractivity contribution is 0.401. The van der Waals surface area contributed by atoms with Crippen molar-refractivity contribution in [2.45, 2.75) is 20.4 Å². The van der Waals surface area contributed by atoms with Crippen LogP contribution in [0.25, 0.3) is 22.3 Å². The summed E-state index contributed by atoms with van der Waals surface area (Å²) in [6.45, 7) is 8.06. The molecule has 0 aromatic carbocycles. The average molecular weight is 402 g/mol. The molecule has 0 atom stereocenters. The molecule has 0 aliphatic rings. The summed E-state index contributed by atoms with van der Waals surface area (Å²) in [7, 11) is 3.25. The van der Waals surface area contributed by atoms with Gasteiger partial charge >= 0.3 is 0 Å². The van der Waals surface area contributed by atoms with E-state index >= 15 is 0 Å². The van der Waals surface area contributed by atoms with Crippen molar-refractivity contribution in [3.8, 4) is 11.1 Å². The van der Waals surface area contributed by atoms with E-state index in [0.29, 0.717) is 23.8 Å². The Balaban J connectivity index is 1.85. The fourth-order valence-corrected chi connectivity index (χ4v) is 3.50. The van der Waals surface area contributed by atoms with E-state index in [1.807, 2.05) is 32.2 Å². The summed E-state index contributed by atoms with van der Waals surface area (Å²) in [5, 5.41) is 4.04. The summed E-state index contributed by atoms with van der Waals surface area (Å²) in [6.07, 6.45) is 5.38. The Hall–Kier alpha value is -3.88. The molecule has 0 unspecified atom stereocenters. The van der Waals surface area contributed by atoms with Gasteiger partial charge < -0.3 is 9.30 Å². The normalized spacial score (nSPS) is 11.8. The van der Waals surface area contributed by atoms with Crippen LogP contribution in [0.4, 0.5) is 0 Å². The second-order valence-corrected chi connectivity index (χ2v) is 6.70. The number of fused-ring (bicyclic) bond motifs is 1. The Bertz CT molecular complexity index is 1270. The van der Waals surface area contributed by atoms with Crippen LogP contribution >= 0.6 is 0 Å². The van der Waals surface area contributed by atoms with Gasteiger partial charge in [-0.25, -0.2) is 24.6 Å². The highest BCUT2D eigenvalue weighted by atomic mass is 16.5. The fourth-order valence-electron chi connectivity index (χ4n) is 3.50. The first-order valence-corrected chi connectivity index (χ1v) is 9.37. The Labute approximate surface area is 173 Å². The van der Waals surface area contributed by atoms with Gasteiger partial charge in [0.05, 0.1) is 24.9 Å². The molecule has 4 aromatic heterocycles. The van der Waals surface area contributed by atoms with Gasteiger partial charge in [-0.05, 0) is 32.0 Å². The molecule has 30 heavy (non-hydrogen) atoms. The molecule has 0 bridgehead atoms. The van der Waals surface area contributed by atoms with E-state index < -0.39 is 0 Å². The summed E-state index contributed by atoms with van der Waals surface area (Å²) in [6, 6.07) is 5.91. The molecule has 0 fully saturated rings. The number of hydrogen-bond donors (Lipinski definition) is 0. The number of imidazole rings is 1. The SMILES string of the molecule is C=Nn1ccc(-c2cnc3nc(C)n(Cc4ccnc(C)n4)c3c2)c1C(=NC)OC. The maximum atomic E-state index is 5.44. The molecule has 4 rings (SSSR count). The van der Waals surface area contributed by atoms with Crippen LogP contribution in [-0.2, 0) is 11.3 Å². The summed E-state index contributed by atoms with van der Waals surface area (Å²) in [4.78, 5) is 22.1. The van der Waals surface area contributed by atoms with Crippen LogP contribution in [0.5, 0.6) is 0 Å². The first-order valence-electron chi connectivity index (χ1n) is 9.37. The molecule has 9 nitrogen and oxygen atoms in total. The summed E-state index contributed by atoms with van der Waals surface area (Å²) in [5.41, 5.74) is 5.02. The first kappa shape index (κ1) is 19.4. The highest BCUT2D eigenvalue weighted by Crippen LogP contribution is 2.28. The van der Waals surface area contributed by atoms with Crippen LogP contribution in [-0.4, -0.2) is 56.0 Å². The van der Waals surface area contributed by atoms with Crippen molar-refractivity contribution >= 4 is 23.8 Å². The van der Waals surface area contributed by atoms with E-state index in [-0.39, 0.29) is 0 Å². The van der Waals surface area contributed by atoms with Gasteiger partial charge in [0.25, 0.3) is 0 Å². The Morgan fingerprint density at radius 3 is 2.73 bits per heavy atom. The largest absolute Gasteiger partial charge is 0.480 e. The number of aryl methyl sites for hydroxylation is 2. The molecule has 0 aliphatic carbocycles. The van der Waals surface area contributed by atoms with E-state index in [2.05, 4.69) is 47.4 Å². The highest BCUT2D eigenvalue weighted by Gasteiger charge is 2.19. The lowest BCUT2D eigenvalue weighted by atomic mass is 10.1. The van der Waals surface area contributed by atoms with Gasteiger partial charge in [0.2, 0.25) is 5.90 Å². The maximum Gasteiger partial charge on any atom is 0.235 e. The number of aliphatic imine (C=N–C) groups is 1. The van der Waals surface area contributed by atoms with Crippen molar-refractivity contribution < 1.29 is 4.74 Å². The third kappa shape index (κ3) is 3.34. The number of aromatic nitrogens is 6. The van der Waals surface area contributed by atoms with E-state index in [9.17, 15) is 0 Å². The lowest BCUT2D eigenvalue weighted by Gasteiger charge is -2.10. The van der Waals surface area contributed by atoms with Crippen LogP contribution in [0.2, 0.25) is 0 Å². The topological polar surface area (TPSA) is 95.4 Å². The minimum atomic E-state index is 0.462. The van der Waals surface area contributed by atoms with Gasteiger partial charge in [-0.2, -0.15) is 5.10 Å². The van der Waals surface area contributed by atoms with Crippen LogP contribution in [0.3, 0.4) is 0 Å². The van der Waals surface area contributed by atoms with Crippen LogP contribution in [0, 0.1) is 13.8 Å². The Kier molecular flexibility index (Phi) is 5.09. The summed E-state index contributed by atoms with van der Waals surface area (Å²) >= 11 is 0. The van der Waals surface area contributed by atoms with Crippen molar-refractivity contribution in [1.29, 1.82) is 0 Å². The van der Waals surface area contributed by atoms with Crippen LogP contribution in [0.1, 0.15) is 23.0 Å². The zero-order valence-electron chi connectivity index (χ0n) is 17.4. The zero-order valence-corrected chi connectivity index (χ0v) is 17.4. The predicted molar refractivity (Wildman–Crippen MR) is 116 cm³/mol. The molecular formula is C21H22N8O. The van der Waals surface area contributed by atoms with Crippen molar-refractivity contribution in [3.63, 3.8) is 0 Å². The minimum absolute atomic E-state index is 0.462. The average Bonchev–Trinajstić information content (AvgIpc) is 3.30. The summed E-state index contributed by atoms with van der Waals surface area (Å²) in [5.74, 6) is 2.06. The maximum absolute atomic E-state index is 5.44. The molecule has 9 heteroatoms. The monoisotopic (exact) mass is 402 g/mol. The quantitative estimate of drug-likeness (QED) is 0.378. The first-order chi connectivity index (χ1) is 14.5. The number of hydrogen-bond acceptors (Lipinski definition) is 7. The number of ether oxygens (including phenoxy) is 1. The number of rotatable bonds is 5. The smallest absolute Gasteiger partial charge is 0.235 e. The second-order valence-electron chi connectivity index (χ2n) is 6.70. The zero-order chi connectivity index (χ0) is 21.3. The van der Waals surface area contributed by atoms with Gasteiger partial charge in [-0.15, -0.1) is 0 Å². The van der Waals surface area contributed by atoms with Crippen LogP contribution < -0.4 is 0 Å². The van der Waals surface area contributed by atoms with Crippen LogP contribution in [0.15, 0.2) is 46.9 Å². The molecule has 4 aromatic rings. The highest BCUT2D eigenvalue weighted by molar-refractivity contribution is 6.00. The predicted octanol–water partition coefficient (Wildman–Crippen LogP) is 2.84. The van der Waals surface area contributed by atoms with Gasteiger partial charge in [0.15, 0.2) is 5.65 Å². The van der Waals surface area contributed by atoms with Crippen molar-refractivity contribution in [2.75, 3.05) is 14.2 Å². The molecule has 0 aliphatic heterocycles. The molecule has 0 radical (unpaired) electrons. The van der Waals surface area contributed by atoms with Gasteiger partial charge in [0, 0.05) is 43.5 Å². The van der Waals surface area contributed by atoms with Gasteiger partial charge in [-0.3, -0.25) is 4.99 Å². The lowest BCUT2D eigenvalue weighted by Crippen LogP contribution is -2.10. The van der Waals surface area contributed by atoms with E-state index in [1.54, 1.807) is 31.2 Å². The molecule has 152 valence electrons. The van der Waals surface area contributed by atoms with Gasteiger partial charge in [0.1, 0.15) is 17.3 Å². The number of pyridine rings is 1. The Morgan fingerprint density at radius 2 is 2.03 bits per heavy atom. The molecule has 0 spiro atoms. The second kappa shape index (κ2) is 7.86. The minimum Gasteiger partial charge on any atom is -0.480 e. The van der Waals surface area contributed by atoms with Crippen molar-refractivity contribution in [3.05, 3.63) is 59.8 Å². The van der Waals surface area contributed by atoms with E-state index in [4.69, 9.17) is 4.74 Å². The van der Waals surface area contributed by atoms with E-state index in [0.717, 1.165) is 34.0 Å². The molecule has 4 heterocycles. The van der Waals surface area contributed by atoms with Crippen molar-refractivity contribution in [1.82, 2.24) is 29.2 Å². The third-order valence-electron chi connectivity index (χ3n) is 4.88. The summed E-state index contributed by atoms with van der Waals surface area (Å²) < 4.78 is 9.18. The molecule has 0 amide bonds. The number of methoxy groups -OCH3 is 1. The van der Waals surface area contributed by atoms with Gasteiger partial charge in [-0.1, -0.05) is 0 Å². The molecular weight excluding hydrogens is 380 g/mol. The van der Waals surface area contributed by atoms with Crippen molar-refractivity contribution in [2.24, 2.45) is 10.1 Å². The number of nitrogens with zero attached hydrogens (tertiary/aromatic N) is 8. The standard InChI is InChI=1S/C21H22N8O/c1-13-24-8-6-16(26-13)12-28-14(2)27-20-18(28)10-15(11-25-20)17-7-9-29(23-4)19(17)21(22-3)30-5/h6-11H,4,12H2,1-3,5H3. The van der Waals surface area contributed by atoms with E-state index in [1.165, 1.54) is 0 Å².